The molecule has 1 heterocycles. The van der Waals surface area contributed by atoms with Crippen molar-refractivity contribution < 1.29 is 9.53 Å². The minimum Gasteiger partial charge on any atom is -0.381 e. The molecule has 2 rings (SSSR count). The van der Waals surface area contributed by atoms with E-state index in [0.29, 0.717) is 19.1 Å². The zero-order chi connectivity index (χ0) is 13.1. The van der Waals surface area contributed by atoms with E-state index < -0.39 is 0 Å². The van der Waals surface area contributed by atoms with Crippen molar-refractivity contribution in [3.8, 4) is 0 Å². The molecule has 98 valence electrons. The number of halogens is 1. The number of aryl methyl sites for hydroxylation is 1. The van der Waals surface area contributed by atoms with E-state index in [1.54, 1.807) is 0 Å². The van der Waals surface area contributed by atoms with Crippen molar-refractivity contribution in [3.63, 3.8) is 0 Å². The number of hydrogen-bond donors (Lipinski definition) is 1. The van der Waals surface area contributed by atoms with Crippen LogP contribution in [0.2, 0.25) is 0 Å². The molecule has 0 saturated carbocycles. The van der Waals surface area contributed by atoms with Crippen molar-refractivity contribution in [3.05, 3.63) is 27.3 Å². The molecule has 1 aliphatic heterocycles. The van der Waals surface area contributed by atoms with Gasteiger partial charge in [-0.1, -0.05) is 13.0 Å². The largest absolute Gasteiger partial charge is 0.381 e. The first kappa shape index (κ1) is 13.8. The van der Waals surface area contributed by atoms with E-state index in [1.165, 1.54) is 0 Å². The molecular formula is C14H18INO2. The van der Waals surface area contributed by atoms with E-state index in [-0.39, 0.29) is 11.8 Å². The predicted molar refractivity (Wildman–Crippen MR) is 80.6 cm³/mol. The van der Waals surface area contributed by atoms with Crippen LogP contribution in [0.1, 0.15) is 18.9 Å². The van der Waals surface area contributed by atoms with Crippen LogP contribution in [-0.4, -0.2) is 19.1 Å². The summed E-state index contributed by atoms with van der Waals surface area (Å²) in [6.07, 6.45) is 0.815. The van der Waals surface area contributed by atoms with Gasteiger partial charge in [-0.2, -0.15) is 0 Å². The van der Waals surface area contributed by atoms with E-state index in [9.17, 15) is 4.79 Å². The number of amides is 1. The molecule has 18 heavy (non-hydrogen) atoms. The zero-order valence-corrected chi connectivity index (χ0v) is 12.9. The van der Waals surface area contributed by atoms with Crippen LogP contribution in [0.3, 0.4) is 0 Å². The number of benzene rings is 1. The minimum absolute atomic E-state index is 0.0658. The van der Waals surface area contributed by atoms with Gasteiger partial charge in [0.05, 0.1) is 0 Å². The van der Waals surface area contributed by atoms with E-state index in [0.717, 1.165) is 21.2 Å². The summed E-state index contributed by atoms with van der Waals surface area (Å²) in [5.74, 6) is 0.480. The third-order valence-corrected chi connectivity index (χ3v) is 4.11. The molecule has 1 fully saturated rings. The number of nitrogens with one attached hydrogen (secondary N) is 1. The summed E-state index contributed by atoms with van der Waals surface area (Å²) in [5.41, 5.74) is 2.02. The second kappa shape index (κ2) is 6.02. The molecule has 1 N–H and O–H groups in total. The van der Waals surface area contributed by atoms with Gasteiger partial charge in [0.15, 0.2) is 0 Å². The van der Waals surface area contributed by atoms with Crippen molar-refractivity contribution in [2.75, 3.05) is 18.5 Å². The van der Waals surface area contributed by atoms with Crippen molar-refractivity contribution in [2.45, 2.75) is 20.3 Å². The summed E-state index contributed by atoms with van der Waals surface area (Å²) in [5, 5.41) is 3.05. The molecule has 0 bridgehead atoms. The Labute approximate surface area is 121 Å². The summed E-state index contributed by atoms with van der Waals surface area (Å²) < 4.78 is 6.51. The van der Waals surface area contributed by atoms with Gasteiger partial charge >= 0.3 is 0 Å². The number of anilines is 1. The molecule has 2 unspecified atom stereocenters. The lowest BCUT2D eigenvalue weighted by molar-refractivity contribution is -0.125. The summed E-state index contributed by atoms with van der Waals surface area (Å²) in [4.78, 5) is 12.3. The van der Waals surface area contributed by atoms with Gasteiger partial charge in [-0.3, -0.25) is 4.79 Å². The Morgan fingerprint density at radius 1 is 1.50 bits per heavy atom. The van der Waals surface area contributed by atoms with Gasteiger partial charge in [0, 0.05) is 28.4 Å². The van der Waals surface area contributed by atoms with Crippen LogP contribution in [0, 0.1) is 22.3 Å². The summed E-state index contributed by atoms with van der Waals surface area (Å²) in [6.45, 7) is 5.46. The van der Waals surface area contributed by atoms with Gasteiger partial charge < -0.3 is 10.1 Å². The van der Waals surface area contributed by atoms with Crippen LogP contribution in [-0.2, 0) is 9.53 Å². The maximum Gasteiger partial charge on any atom is 0.227 e. The Bertz CT molecular complexity index is 447. The molecule has 4 heteroatoms. The Balaban J connectivity index is 2.08. The van der Waals surface area contributed by atoms with Crippen molar-refractivity contribution >= 4 is 34.2 Å². The number of carbonyl (C=O) groups is 1. The number of rotatable bonds is 2. The van der Waals surface area contributed by atoms with Crippen molar-refractivity contribution in [1.29, 1.82) is 0 Å². The van der Waals surface area contributed by atoms with Crippen molar-refractivity contribution in [1.82, 2.24) is 0 Å². The average molecular weight is 359 g/mol. The molecule has 0 radical (unpaired) electrons. The van der Waals surface area contributed by atoms with Crippen LogP contribution >= 0.6 is 22.6 Å². The second-order valence-corrected chi connectivity index (χ2v) is 6.14. The summed E-state index contributed by atoms with van der Waals surface area (Å²) in [7, 11) is 0. The highest BCUT2D eigenvalue weighted by Gasteiger charge is 2.28. The van der Waals surface area contributed by atoms with Crippen LogP contribution in [0.15, 0.2) is 18.2 Å². The fourth-order valence-electron chi connectivity index (χ4n) is 2.22. The molecular weight excluding hydrogens is 341 g/mol. The van der Waals surface area contributed by atoms with Gasteiger partial charge in [-0.15, -0.1) is 0 Å². The fraction of sp³-hybridized carbons (Fsp3) is 0.500. The monoisotopic (exact) mass is 359 g/mol. The Kier molecular flexibility index (Phi) is 4.61. The average Bonchev–Trinajstić information content (AvgIpc) is 2.34. The Morgan fingerprint density at radius 2 is 2.28 bits per heavy atom. The van der Waals surface area contributed by atoms with Crippen LogP contribution in [0.4, 0.5) is 5.69 Å². The maximum atomic E-state index is 12.3. The highest BCUT2D eigenvalue weighted by Crippen LogP contribution is 2.25. The molecule has 1 aromatic carbocycles. The Morgan fingerprint density at radius 3 is 3.00 bits per heavy atom. The first-order valence-corrected chi connectivity index (χ1v) is 7.30. The number of hydrogen-bond acceptors (Lipinski definition) is 2. The zero-order valence-electron chi connectivity index (χ0n) is 10.7. The lowest BCUT2D eigenvalue weighted by atomic mass is 9.89. The highest BCUT2D eigenvalue weighted by molar-refractivity contribution is 14.1. The lowest BCUT2D eigenvalue weighted by Crippen LogP contribution is -2.35. The van der Waals surface area contributed by atoms with E-state index >= 15 is 0 Å². The van der Waals surface area contributed by atoms with Gasteiger partial charge in [-0.25, -0.2) is 0 Å². The van der Waals surface area contributed by atoms with Gasteiger partial charge in [0.25, 0.3) is 0 Å². The highest BCUT2D eigenvalue weighted by atomic mass is 127. The Hall–Kier alpha value is -0.620. The van der Waals surface area contributed by atoms with E-state index in [4.69, 9.17) is 4.74 Å². The molecule has 1 amide bonds. The smallest absolute Gasteiger partial charge is 0.227 e. The second-order valence-electron chi connectivity index (χ2n) is 4.90. The molecule has 1 aliphatic rings. The van der Waals surface area contributed by atoms with Gasteiger partial charge in [-0.05, 0) is 59.5 Å². The minimum atomic E-state index is 0.0658. The van der Waals surface area contributed by atoms with Gasteiger partial charge in [0.1, 0.15) is 0 Å². The first-order chi connectivity index (χ1) is 8.58. The molecule has 1 saturated heterocycles. The normalized spacial score (nSPS) is 23.7. The van der Waals surface area contributed by atoms with Crippen LogP contribution in [0.5, 0.6) is 0 Å². The molecule has 3 nitrogen and oxygen atoms in total. The molecule has 0 aromatic heterocycles. The van der Waals surface area contributed by atoms with Crippen LogP contribution in [0.25, 0.3) is 0 Å². The molecule has 2 atom stereocenters. The topological polar surface area (TPSA) is 38.3 Å². The summed E-state index contributed by atoms with van der Waals surface area (Å²) in [6, 6.07) is 6.09. The van der Waals surface area contributed by atoms with Gasteiger partial charge in [0.2, 0.25) is 5.91 Å². The quantitative estimate of drug-likeness (QED) is 0.824. The van der Waals surface area contributed by atoms with E-state index in [1.807, 2.05) is 25.1 Å². The fourth-order valence-corrected chi connectivity index (χ4v) is 2.72. The number of carbonyl (C=O) groups excluding carboxylic acids is 1. The standard InChI is InChI=1S/C14H18INO2/c1-9-3-4-11(15)7-13(9)16-14(17)12-5-6-18-8-10(12)2/h3-4,7,10,12H,5-6,8H2,1-2H3,(H,16,17). The maximum absolute atomic E-state index is 12.3. The molecule has 0 spiro atoms. The van der Waals surface area contributed by atoms with Crippen molar-refractivity contribution in [2.24, 2.45) is 11.8 Å². The summed E-state index contributed by atoms with van der Waals surface area (Å²) >= 11 is 2.26. The third kappa shape index (κ3) is 3.23. The van der Waals surface area contributed by atoms with E-state index in [2.05, 4.69) is 34.8 Å². The number of ether oxygens (including phenoxy) is 1. The molecule has 0 aliphatic carbocycles. The lowest BCUT2D eigenvalue weighted by Gasteiger charge is -2.28. The first-order valence-electron chi connectivity index (χ1n) is 6.22. The predicted octanol–water partition coefficient (Wildman–Crippen LogP) is 3.21. The SMILES string of the molecule is Cc1ccc(I)cc1NC(=O)C1CCOCC1C. The third-order valence-electron chi connectivity index (χ3n) is 3.44. The van der Waals surface area contributed by atoms with Crippen LogP contribution < -0.4 is 5.32 Å². The molecule has 1 aromatic rings.